The van der Waals surface area contributed by atoms with Gasteiger partial charge in [-0.3, -0.25) is 5.10 Å². The third-order valence-corrected chi connectivity index (χ3v) is 5.43. The number of sulfonamides is 1. The molecule has 2 rings (SSSR count). The maximum atomic E-state index is 12.9. The number of H-pyrrole nitrogens is 1. The number of hydrogen-bond donors (Lipinski definition) is 1. The monoisotopic (exact) mass is 371 g/mol. The van der Waals surface area contributed by atoms with E-state index in [0.29, 0.717) is 5.02 Å². The Morgan fingerprint density at radius 3 is 2.75 bits per heavy atom. The van der Waals surface area contributed by atoms with Gasteiger partial charge in [0.05, 0.1) is 12.8 Å². The Bertz CT molecular complexity index is 820. The zero-order valence-electron chi connectivity index (χ0n) is 13.3. The van der Waals surface area contributed by atoms with Crippen LogP contribution in [-0.4, -0.2) is 42.0 Å². The Morgan fingerprint density at radius 2 is 2.12 bits per heavy atom. The average Bonchev–Trinajstić information content (AvgIpc) is 3.03. The first-order chi connectivity index (χ1) is 11.4. The van der Waals surface area contributed by atoms with Gasteiger partial charge in [-0.05, 0) is 24.6 Å². The molecule has 9 heteroatoms. The van der Waals surface area contributed by atoms with Crippen molar-refractivity contribution in [1.82, 2.24) is 14.5 Å². The molecule has 24 heavy (non-hydrogen) atoms. The van der Waals surface area contributed by atoms with Crippen LogP contribution in [0.15, 0.2) is 35.5 Å². The molecule has 0 radical (unpaired) electrons. The molecule has 0 aliphatic carbocycles. The fourth-order valence-electron chi connectivity index (χ4n) is 2.16. The number of hydrogen-bond acceptors (Lipinski definition) is 5. The number of rotatable bonds is 7. The van der Waals surface area contributed by atoms with Gasteiger partial charge in [-0.2, -0.15) is 9.40 Å². The van der Waals surface area contributed by atoms with Gasteiger partial charge in [-0.15, -0.1) is 0 Å². The van der Waals surface area contributed by atoms with E-state index in [1.807, 2.05) is 0 Å². The smallest absolute Gasteiger partial charge is 0.342 e. The predicted molar refractivity (Wildman–Crippen MR) is 89.3 cm³/mol. The Balaban J connectivity index is 2.34. The second-order valence-electron chi connectivity index (χ2n) is 4.89. The van der Waals surface area contributed by atoms with Gasteiger partial charge in [0.2, 0.25) is 0 Å². The molecule has 2 aromatic rings. The number of carbonyl (C=O) groups excluding carboxylic acids is 1. The van der Waals surface area contributed by atoms with E-state index in [4.69, 9.17) is 16.3 Å². The highest BCUT2D eigenvalue weighted by Crippen LogP contribution is 2.21. The third-order valence-electron chi connectivity index (χ3n) is 3.30. The van der Waals surface area contributed by atoms with Crippen LogP contribution in [0, 0.1) is 0 Å². The van der Waals surface area contributed by atoms with Gasteiger partial charge >= 0.3 is 5.97 Å². The number of aromatic amines is 1. The fraction of sp³-hybridized carbons (Fsp3) is 0.333. The number of carbonyl (C=O) groups is 1. The van der Waals surface area contributed by atoms with E-state index in [0.717, 1.165) is 11.8 Å². The summed E-state index contributed by atoms with van der Waals surface area (Å²) in [4.78, 5) is 11.9. The summed E-state index contributed by atoms with van der Waals surface area (Å²) in [5.74, 6) is -0.733. The summed E-state index contributed by atoms with van der Waals surface area (Å²) >= 11 is 5.94. The summed E-state index contributed by atoms with van der Waals surface area (Å²) in [6, 6.07) is 6.93. The van der Waals surface area contributed by atoms with Crippen molar-refractivity contribution in [2.24, 2.45) is 0 Å². The summed E-state index contributed by atoms with van der Waals surface area (Å²) in [6.45, 7) is 3.84. The first-order valence-electron chi connectivity index (χ1n) is 7.35. The maximum Gasteiger partial charge on any atom is 0.342 e. The molecule has 130 valence electrons. The van der Waals surface area contributed by atoms with Crippen molar-refractivity contribution < 1.29 is 17.9 Å². The normalized spacial score (nSPS) is 11.7. The maximum absolute atomic E-state index is 12.9. The van der Waals surface area contributed by atoms with Crippen LogP contribution in [0.1, 0.15) is 29.8 Å². The number of esters is 1. The first-order valence-corrected chi connectivity index (χ1v) is 9.17. The summed E-state index contributed by atoms with van der Waals surface area (Å²) < 4.78 is 31.8. The molecule has 0 atom stereocenters. The van der Waals surface area contributed by atoms with Gasteiger partial charge in [-0.1, -0.05) is 30.7 Å². The molecule has 0 bridgehead atoms. The second-order valence-corrected chi connectivity index (χ2v) is 7.21. The van der Waals surface area contributed by atoms with E-state index in [9.17, 15) is 13.2 Å². The zero-order valence-corrected chi connectivity index (χ0v) is 14.9. The van der Waals surface area contributed by atoms with E-state index in [2.05, 4.69) is 10.2 Å². The Labute approximate surface area is 145 Å². The lowest BCUT2D eigenvalue weighted by atomic mass is 10.2. The average molecular weight is 372 g/mol. The van der Waals surface area contributed by atoms with Crippen molar-refractivity contribution >= 4 is 27.6 Å². The summed E-state index contributed by atoms with van der Waals surface area (Å²) in [5.41, 5.74) is 0.631. The van der Waals surface area contributed by atoms with Crippen molar-refractivity contribution in [3.63, 3.8) is 0 Å². The van der Waals surface area contributed by atoms with E-state index in [1.54, 1.807) is 38.1 Å². The molecular formula is C15H18ClN3O4S. The Morgan fingerprint density at radius 1 is 1.38 bits per heavy atom. The lowest BCUT2D eigenvalue weighted by molar-refractivity contribution is 0.0521. The predicted octanol–water partition coefficient (Wildman–Crippen LogP) is 2.45. The van der Waals surface area contributed by atoms with Crippen molar-refractivity contribution in [3.8, 4) is 0 Å². The molecule has 7 nitrogen and oxygen atoms in total. The van der Waals surface area contributed by atoms with E-state index < -0.39 is 16.0 Å². The van der Waals surface area contributed by atoms with Crippen LogP contribution in [0.5, 0.6) is 0 Å². The lowest BCUT2D eigenvalue weighted by Crippen LogP contribution is -2.31. The minimum Gasteiger partial charge on any atom is -0.462 e. The number of ether oxygens (including phenoxy) is 1. The molecule has 1 aromatic heterocycles. The minimum atomic E-state index is -3.94. The number of benzene rings is 1. The molecule has 1 heterocycles. The topological polar surface area (TPSA) is 92.4 Å². The Kier molecular flexibility index (Phi) is 5.98. The van der Waals surface area contributed by atoms with Crippen LogP contribution >= 0.6 is 11.6 Å². The molecule has 0 spiro atoms. The van der Waals surface area contributed by atoms with Crippen LogP contribution in [0.3, 0.4) is 0 Å². The molecular weight excluding hydrogens is 354 g/mol. The van der Waals surface area contributed by atoms with Crippen LogP contribution in [-0.2, 0) is 21.3 Å². The van der Waals surface area contributed by atoms with Crippen molar-refractivity contribution in [3.05, 3.63) is 46.6 Å². The largest absolute Gasteiger partial charge is 0.462 e. The van der Waals surface area contributed by atoms with Crippen molar-refractivity contribution in [1.29, 1.82) is 0 Å². The van der Waals surface area contributed by atoms with Crippen LogP contribution < -0.4 is 0 Å². The molecule has 0 saturated carbocycles. The number of nitrogens with zero attached hydrogens (tertiary/aromatic N) is 2. The SMILES string of the molecule is CCOC(=O)c1cn[nH]c1S(=O)(=O)N(CC)Cc1cccc(Cl)c1. The van der Waals surface area contributed by atoms with Crippen molar-refractivity contribution in [2.45, 2.75) is 25.4 Å². The van der Waals surface area contributed by atoms with Gasteiger partial charge in [-0.25, -0.2) is 13.2 Å². The van der Waals surface area contributed by atoms with Crippen LogP contribution in [0.2, 0.25) is 5.02 Å². The summed E-state index contributed by atoms with van der Waals surface area (Å²) in [5, 5.41) is 6.32. The highest BCUT2D eigenvalue weighted by Gasteiger charge is 2.31. The van der Waals surface area contributed by atoms with E-state index >= 15 is 0 Å². The molecule has 0 amide bonds. The standard InChI is InChI=1S/C15H18ClN3O4S/c1-3-19(10-11-6-5-7-12(16)8-11)24(21,22)14-13(9-17-18-14)15(20)23-4-2/h5-9H,3-4,10H2,1-2H3,(H,17,18). The van der Waals surface area contributed by atoms with Gasteiger partial charge in [0.25, 0.3) is 10.0 Å². The number of halogens is 1. The molecule has 0 unspecified atom stereocenters. The van der Waals surface area contributed by atoms with Crippen LogP contribution in [0.25, 0.3) is 0 Å². The number of aromatic nitrogens is 2. The quantitative estimate of drug-likeness (QED) is 0.754. The van der Waals surface area contributed by atoms with Gasteiger partial charge < -0.3 is 4.74 Å². The zero-order chi connectivity index (χ0) is 17.7. The fourth-order valence-corrected chi connectivity index (χ4v) is 3.87. The molecule has 0 fully saturated rings. The first kappa shape index (κ1) is 18.4. The molecule has 0 aliphatic rings. The minimum absolute atomic E-state index is 0.110. The highest BCUT2D eigenvalue weighted by molar-refractivity contribution is 7.89. The summed E-state index contributed by atoms with van der Waals surface area (Å²) in [7, 11) is -3.94. The molecule has 0 aliphatic heterocycles. The second kappa shape index (κ2) is 7.78. The number of nitrogens with one attached hydrogen (secondary N) is 1. The van der Waals surface area contributed by atoms with Gasteiger partial charge in [0, 0.05) is 18.1 Å². The van der Waals surface area contributed by atoms with Gasteiger partial charge in [0.1, 0.15) is 5.56 Å². The van der Waals surface area contributed by atoms with E-state index in [1.165, 1.54) is 4.31 Å². The summed E-state index contributed by atoms with van der Waals surface area (Å²) in [6.07, 6.45) is 1.15. The highest BCUT2D eigenvalue weighted by atomic mass is 35.5. The molecule has 1 N–H and O–H groups in total. The molecule has 0 saturated heterocycles. The van der Waals surface area contributed by atoms with Crippen molar-refractivity contribution in [2.75, 3.05) is 13.2 Å². The molecule has 1 aromatic carbocycles. The third kappa shape index (κ3) is 3.95. The Hall–Kier alpha value is -1.90. The van der Waals surface area contributed by atoms with Gasteiger partial charge in [0.15, 0.2) is 5.03 Å². The van der Waals surface area contributed by atoms with E-state index in [-0.39, 0.29) is 30.3 Å². The van der Waals surface area contributed by atoms with Crippen LogP contribution in [0.4, 0.5) is 0 Å². The lowest BCUT2D eigenvalue weighted by Gasteiger charge is -2.20.